The van der Waals surface area contributed by atoms with E-state index in [0.717, 1.165) is 35.7 Å². The molecule has 5 heteroatoms. The lowest BCUT2D eigenvalue weighted by Crippen LogP contribution is -2.16. The van der Waals surface area contributed by atoms with Gasteiger partial charge in [-0.15, -0.1) is 13.2 Å². The molecule has 0 aromatic heterocycles. The van der Waals surface area contributed by atoms with Crippen LogP contribution in [0.4, 0.5) is 18.9 Å². The van der Waals surface area contributed by atoms with E-state index < -0.39 is 6.36 Å². The summed E-state index contributed by atoms with van der Waals surface area (Å²) >= 11 is 0. The molecule has 2 rings (SSSR count). The van der Waals surface area contributed by atoms with Crippen molar-refractivity contribution in [3.05, 3.63) is 48.5 Å². The third-order valence-corrected chi connectivity index (χ3v) is 4.29. The highest BCUT2D eigenvalue weighted by Gasteiger charge is 2.30. The van der Waals surface area contributed by atoms with Gasteiger partial charge >= 0.3 is 6.36 Å². The van der Waals surface area contributed by atoms with Crippen molar-refractivity contribution in [2.75, 3.05) is 11.9 Å². The molecule has 0 amide bonds. The maximum absolute atomic E-state index is 12.2. The molecule has 0 unspecified atom stereocenters. The number of alkyl halides is 3. The van der Waals surface area contributed by atoms with Gasteiger partial charge < -0.3 is 10.1 Å². The van der Waals surface area contributed by atoms with Gasteiger partial charge in [0.15, 0.2) is 0 Å². The van der Waals surface area contributed by atoms with Gasteiger partial charge in [0.2, 0.25) is 0 Å². The minimum Gasteiger partial charge on any atom is -0.406 e. The van der Waals surface area contributed by atoms with Gasteiger partial charge in [0.25, 0.3) is 0 Å². The summed E-state index contributed by atoms with van der Waals surface area (Å²) in [7, 11) is 0. The first kappa shape index (κ1) is 20.1. The molecule has 0 aliphatic rings. The van der Waals surface area contributed by atoms with Crippen LogP contribution in [0.1, 0.15) is 39.5 Å². The Bertz CT molecular complexity index is 650. The standard InChI is InChI=1S/C21H26F3NO/c1-3-5-16(2)6-4-15-25-19-11-7-17(8-12-19)18-9-13-20(14-10-18)26-21(22,23)24/h7-14,16,25H,3-6,15H2,1-2H3/t16-/m1/s1. The lowest BCUT2D eigenvalue weighted by molar-refractivity contribution is -0.274. The van der Waals surface area contributed by atoms with E-state index in [1.807, 2.05) is 24.3 Å². The van der Waals surface area contributed by atoms with Crippen LogP contribution in [0, 0.1) is 5.92 Å². The number of benzene rings is 2. The molecular weight excluding hydrogens is 339 g/mol. The van der Waals surface area contributed by atoms with Crippen molar-refractivity contribution < 1.29 is 17.9 Å². The quantitative estimate of drug-likeness (QED) is 0.489. The summed E-state index contributed by atoms with van der Waals surface area (Å²) in [6, 6.07) is 13.8. The minimum atomic E-state index is -4.66. The molecule has 0 saturated carbocycles. The number of anilines is 1. The Morgan fingerprint density at radius 3 is 2.04 bits per heavy atom. The zero-order valence-corrected chi connectivity index (χ0v) is 15.3. The summed E-state index contributed by atoms with van der Waals surface area (Å²) in [4.78, 5) is 0. The molecule has 142 valence electrons. The van der Waals surface area contributed by atoms with Crippen LogP contribution in [0.5, 0.6) is 5.75 Å². The van der Waals surface area contributed by atoms with Crippen LogP contribution in [-0.2, 0) is 0 Å². The fraction of sp³-hybridized carbons (Fsp3) is 0.429. The zero-order valence-electron chi connectivity index (χ0n) is 15.3. The number of ether oxygens (including phenoxy) is 1. The van der Waals surface area contributed by atoms with E-state index in [4.69, 9.17) is 0 Å². The first-order chi connectivity index (χ1) is 12.4. The third kappa shape index (κ3) is 6.98. The SMILES string of the molecule is CCC[C@@H](C)CCCNc1ccc(-c2ccc(OC(F)(F)F)cc2)cc1. The lowest BCUT2D eigenvalue weighted by atomic mass is 10.0. The summed E-state index contributed by atoms with van der Waals surface area (Å²) in [5, 5.41) is 3.41. The van der Waals surface area contributed by atoms with E-state index in [1.54, 1.807) is 12.1 Å². The van der Waals surface area contributed by atoms with Crippen molar-refractivity contribution in [2.24, 2.45) is 5.92 Å². The molecular formula is C21H26F3NO. The van der Waals surface area contributed by atoms with Crippen LogP contribution < -0.4 is 10.1 Å². The number of nitrogens with one attached hydrogen (secondary N) is 1. The first-order valence-corrected chi connectivity index (χ1v) is 9.07. The van der Waals surface area contributed by atoms with Crippen molar-refractivity contribution in [3.63, 3.8) is 0 Å². The summed E-state index contributed by atoms with van der Waals surface area (Å²) in [6.07, 6.45) is 0.221. The zero-order chi connectivity index (χ0) is 19.0. The molecule has 0 aliphatic carbocycles. The summed E-state index contributed by atoms with van der Waals surface area (Å²) in [6.45, 7) is 5.45. The summed E-state index contributed by atoms with van der Waals surface area (Å²) in [5.74, 6) is 0.560. The Morgan fingerprint density at radius 2 is 1.50 bits per heavy atom. The topological polar surface area (TPSA) is 21.3 Å². The molecule has 0 spiro atoms. The smallest absolute Gasteiger partial charge is 0.406 e. The number of hydrogen-bond donors (Lipinski definition) is 1. The molecule has 0 aliphatic heterocycles. The average molecular weight is 365 g/mol. The number of halogens is 3. The molecule has 0 bridgehead atoms. The fourth-order valence-electron chi connectivity index (χ4n) is 2.95. The van der Waals surface area contributed by atoms with Gasteiger partial charge in [-0.3, -0.25) is 0 Å². The summed E-state index contributed by atoms with van der Waals surface area (Å²) in [5.41, 5.74) is 2.85. The monoisotopic (exact) mass is 365 g/mol. The van der Waals surface area contributed by atoms with E-state index in [0.29, 0.717) is 0 Å². The Labute approximate surface area is 153 Å². The van der Waals surface area contributed by atoms with Crippen LogP contribution in [0.2, 0.25) is 0 Å². The van der Waals surface area contributed by atoms with Crippen molar-refractivity contribution in [3.8, 4) is 16.9 Å². The van der Waals surface area contributed by atoms with E-state index >= 15 is 0 Å². The van der Waals surface area contributed by atoms with Crippen molar-refractivity contribution in [1.82, 2.24) is 0 Å². The molecule has 0 saturated heterocycles. The second kappa shape index (κ2) is 9.51. The van der Waals surface area contributed by atoms with E-state index in [1.165, 1.54) is 31.4 Å². The van der Waals surface area contributed by atoms with Gasteiger partial charge in [-0.2, -0.15) is 0 Å². The van der Waals surface area contributed by atoms with E-state index in [9.17, 15) is 13.2 Å². The Hall–Kier alpha value is -2.17. The molecule has 26 heavy (non-hydrogen) atoms. The third-order valence-electron chi connectivity index (χ3n) is 4.29. The molecule has 0 fully saturated rings. The van der Waals surface area contributed by atoms with Crippen molar-refractivity contribution in [2.45, 2.75) is 45.9 Å². The van der Waals surface area contributed by atoms with Crippen LogP contribution in [-0.4, -0.2) is 12.9 Å². The van der Waals surface area contributed by atoms with Crippen LogP contribution >= 0.6 is 0 Å². The number of hydrogen-bond acceptors (Lipinski definition) is 2. The molecule has 2 aromatic carbocycles. The molecule has 2 aromatic rings. The average Bonchev–Trinajstić information content (AvgIpc) is 2.59. The normalized spacial score (nSPS) is 12.7. The van der Waals surface area contributed by atoms with E-state index in [2.05, 4.69) is 23.9 Å². The molecule has 1 N–H and O–H groups in total. The molecule has 0 heterocycles. The van der Waals surface area contributed by atoms with Crippen molar-refractivity contribution >= 4 is 5.69 Å². The summed E-state index contributed by atoms with van der Waals surface area (Å²) < 4.78 is 40.5. The van der Waals surface area contributed by atoms with Crippen molar-refractivity contribution in [1.29, 1.82) is 0 Å². The highest BCUT2D eigenvalue weighted by Crippen LogP contribution is 2.27. The van der Waals surface area contributed by atoms with Gasteiger partial charge in [0.1, 0.15) is 5.75 Å². The second-order valence-corrected chi connectivity index (χ2v) is 6.61. The first-order valence-electron chi connectivity index (χ1n) is 9.07. The minimum absolute atomic E-state index is 0.211. The highest BCUT2D eigenvalue weighted by atomic mass is 19.4. The van der Waals surface area contributed by atoms with Gasteiger partial charge in [-0.05, 0) is 54.2 Å². The van der Waals surface area contributed by atoms with Crippen LogP contribution in [0.15, 0.2) is 48.5 Å². The lowest BCUT2D eigenvalue weighted by Gasteiger charge is -2.12. The van der Waals surface area contributed by atoms with Crippen LogP contribution in [0.3, 0.4) is 0 Å². The molecule has 1 atom stereocenters. The van der Waals surface area contributed by atoms with Gasteiger partial charge in [-0.1, -0.05) is 51.0 Å². The highest BCUT2D eigenvalue weighted by molar-refractivity contribution is 5.66. The van der Waals surface area contributed by atoms with E-state index in [-0.39, 0.29) is 5.75 Å². The predicted molar refractivity (Wildman–Crippen MR) is 100 cm³/mol. The van der Waals surface area contributed by atoms with Gasteiger partial charge in [0.05, 0.1) is 0 Å². The maximum atomic E-state index is 12.2. The second-order valence-electron chi connectivity index (χ2n) is 6.61. The Kier molecular flexibility index (Phi) is 7.37. The van der Waals surface area contributed by atoms with Crippen LogP contribution in [0.25, 0.3) is 11.1 Å². The largest absolute Gasteiger partial charge is 0.573 e. The number of rotatable bonds is 9. The van der Waals surface area contributed by atoms with Gasteiger partial charge in [0, 0.05) is 12.2 Å². The fourth-order valence-corrected chi connectivity index (χ4v) is 2.95. The Balaban J connectivity index is 1.85. The molecule has 0 radical (unpaired) electrons. The predicted octanol–water partition coefficient (Wildman–Crippen LogP) is 6.88. The Morgan fingerprint density at radius 1 is 0.923 bits per heavy atom. The van der Waals surface area contributed by atoms with Gasteiger partial charge in [-0.25, -0.2) is 0 Å². The molecule has 2 nitrogen and oxygen atoms in total. The maximum Gasteiger partial charge on any atom is 0.573 e.